The molecule has 3 rings (SSSR count). The maximum atomic E-state index is 12.4. The number of unbranched alkanes of at least 4 members (excludes halogenated alkanes) is 1. The second-order valence-corrected chi connectivity index (χ2v) is 8.94. The summed E-state index contributed by atoms with van der Waals surface area (Å²) in [4.78, 5) is 2.74. The number of rotatable bonds is 9. The van der Waals surface area contributed by atoms with Crippen molar-refractivity contribution in [3.8, 4) is 0 Å². The van der Waals surface area contributed by atoms with Crippen LogP contribution in [0.3, 0.4) is 0 Å². The van der Waals surface area contributed by atoms with Gasteiger partial charge in [-0.25, -0.2) is 13.1 Å². The standard InChI is InChI=1S/C22H30N2O3S/c1-2-19-10-12-21(13-11-19)28(25,26)23-14-6-7-15-24-16-17-27-22(18-24)20-8-4-3-5-9-20/h3-5,8-13,22-23H,2,6-7,14-18H2,1H3. The van der Waals surface area contributed by atoms with Crippen LogP contribution in [0.25, 0.3) is 0 Å². The van der Waals surface area contributed by atoms with E-state index in [0.717, 1.165) is 51.1 Å². The van der Waals surface area contributed by atoms with Gasteiger partial charge in [0.15, 0.2) is 0 Å². The monoisotopic (exact) mass is 402 g/mol. The van der Waals surface area contributed by atoms with Crippen LogP contribution in [0.2, 0.25) is 0 Å². The van der Waals surface area contributed by atoms with Gasteiger partial charge in [-0.3, -0.25) is 4.90 Å². The highest BCUT2D eigenvalue weighted by Crippen LogP contribution is 2.22. The summed E-state index contributed by atoms with van der Waals surface area (Å²) in [7, 11) is -3.42. The van der Waals surface area contributed by atoms with Gasteiger partial charge in [-0.05, 0) is 49.1 Å². The topological polar surface area (TPSA) is 58.6 Å². The van der Waals surface area contributed by atoms with Crippen molar-refractivity contribution in [2.75, 3.05) is 32.8 Å². The Labute approximate surface area is 168 Å². The van der Waals surface area contributed by atoms with Gasteiger partial charge in [0.25, 0.3) is 0 Å². The quantitative estimate of drug-likeness (QED) is 0.653. The molecule has 1 aliphatic heterocycles. The number of morpholine rings is 1. The van der Waals surface area contributed by atoms with Gasteiger partial charge in [0.2, 0.25) is 10.0 Å². The summed E-state index contributed by atoms with van der Waals surface area (Å²) in [5.74, 6) is 0. The first-order chi connectivity index (χ1) is 13.6. The molecule has 0 aliphatic carbocycles. The Morgan fingerprint density at radius 3 is 2.54 bits per heavy atom. The summed E-state index contributed by atoms with van der Waals surface area (Å²) < 4.78 is 33.3. The summed E-state index contributed by atoms with van der Waals surface area (Å²) in [6.07, 6.45) is 2.80. The second kappa shape index (κ2) is 10.2. The van der Waals surface area contributed by atoms with Crippen molar-refractivity contribution in [1.29, 1.82) is 0 Å². The first kappa shape index (κ1) is 21.0. The molecule has 152 valence electrons. The number of benzene rings is 2. The van der Waals surface area contributed by atoms with Crippen molar-refractivity contribution in [1.82, 2.24) is 9.62 Å². The zero-order valence-electron chi connectivity index (χ0n) is 16.5. The molecule has 0 radical (unpaired) electrons. The third kappa shape index (κ3) is 5.88. The predicted molar refractivity (Wildman–Crippen MR) is 112 cm³/mol. The molecule has 0 saturated carbocycles. The van der Waals surface area contributed by atoms with Gasteiger partial charge in [0.1, 0.15) is 0 Å². The van der Waals surface area contributed by atoms with Crippen molar-refractivity contribution in [2.24, 2.45) is 0 Å². The number of aryl methyl sites for hydroxylation is 1. The van der Waals surface area contributed by atoms with Crippen LogP contribution in [0, 0.1) is 0 Å². The molecule has 2 aromatic rings. The van der Waals surface area contributed by atoms with Crippen LogP contribution in [0.5, 0.6) is 0 Å². The highest BCUT2D eigenvalue weighted by Gasteiger charge is 2.21. The Balaban J connectivity index is 1.39. The van der Waals surface area contributed by atoms with E-state index >= 15 is 0 Å². The Morgan fingerprint density at radius 1 is 1.07 bits per heavy atom. The molecule has 1 N–H and O–H groups in total. The fourth-order valence-corrected chi connectivity index (χ4v) is 4.50. The average Bonchev–Trinajstić information content (AvgIpc) is 2.74. The lowest BCUT2D eigenvalue weighted by molar-refractivity contribution is -0.0303. The molecule has 28 heavy (non-hydrogen) atoms. The summed E-state index contributed by atoms with van der Waals surface area (Å²) in [6, 6.07) is 17.4. The highest BCUT2D eigenvalue weighted by atomic mass is 32.2. The summed E-state index contributed by atoms with van der Waals surface area (Å²) in [5, 5.41) is 0. The first-order valence-electron chi connectivity index (χ1n) is 10.1. The average molecular weight is 403 g/mol. The third-order valence-corrected chi connectivity index (χ3v) is 6.63. The van der Waals surface area contributed by atoms with Crippen molar-refractivity contribution >= 4 is 10.0 Å². The fraction of sp³-hybridized carbons (Fsp3) is 0.455. The Morgan fingerprint density at radius 2 is 1.82 bits per heavy atom. The third-order valence-electron chi connectivity index (χ3n) is 5.16. The van der Waals surface area contributed by atoms with E-state index < -0.39 is 10.0 Å². The molecule has 1 aliphatic rings. The van der Waals surface area contributed by atoms with E-state index in [4.69, 9.17) is 4.74 Å². The highest BCUT2D eigenvalue weighted by molar-refractivity contribution is 7.89. The molecular weight excluding hydrogens is 372 g/mol. The van der Waals surface area contributed by atoms with Gasteiger partial charge in [-0.2, -0.15) is 0 Å². The number of sulfonamides is 1. The molecule has 6 heteroatoms. The molecule has 1 unspecified atom stereocenters. The Kier molecular flexibility index (Phi) is 7.62. The SMILES string of the molecule is CCc1ccc(S(=O)(=O)NCCCCN2CCOC(c3ccccc3)C2)cc1. The van der Waals surface area contributed by atoms with Crippen LogP contribution >= 0.6 is 0 Å². The predicted octanol–water partition coefficient (Wildman–Crippen LogP) is 3.38. The van der Waals surface area contributed by atoms with Crippen LogP contribution in [0.4, 0.5) is 0 Å². The van der Waals surface area contributed by atoms with Crippen molar-refractivity contribution < 1.29 is 13.2 Å². The number of nitrogens with zero attached hydrogens (tertiary/aromatic N) is 1. The van der Waals surface area contributed by atoms with E-state index in [9.17, 15) is 8.42 Å². The van der Waals surface area contributed by atoms with Crippen LogP contribution < -0.4 is 4.72 Å². The smallest absolute Gasteiger partial charge is 0.240 e. The van der Waals surface area contributed by atoms with Crippen LogP contribution in [-0.4, -0.2) is 46.1 Å². The molecule has 1 atom stereocenters. The van der Waals surface area contributed by atoms with Gasteiger partial charge in [0.05, 0.1) is 17.6 Å². The molecule has 5 nitrogen and oxygen atoms in total. The second-order valence-electron chi connectivity index (χ2n) is 7.17. The number of hydrogen-bond donors (Lipinski definition) is 1. The molecular formula is C22H30N2O3S. The molecule has 1 fully saturated rings. The van der Waals surface area contributed by atoms with Crippen LogP contribution in [0.1, 0.15) is 37.0 Å². The minimum Gasteiger partial charge on any atom is -0.371 e. The lowest BCUT2D eigenvalue weighted by Crippen LogP contribution is -2.39. The lowest BCUT2D eigenvalue weighted by Gasteiger charge is -2.33. The number of nitrogens with one attached hydrogen (secondary N) is 1. The Hall–Kier alpha value is -1.73. The van der Waals surface area contributed by atoms with Gasteiger partial charge in [-0.1, -0.05) is 49.4 Å². The fourth-order valence-electron chi connectivity index (χ4n) is 3.43. The molecule has 1 saturated heterocycles. The molecule has 2 aromatic carbocycles. The normalized spacial score (nSPS) is 18.2. The van der Waals surface area contributed by atoms with E-state index in [0.29, 0.717) is 11.4 Å². The lowest BCUT2D eigenvalue weighted by atomic mass is 10.1. The number of ether oxygens (including phenoxy) is 1. The maximum Gasteiger partial charge on any atom is 0.240 e. The summed E-state index contributed by atoms with van der Waals surface area (Å²) >= 11 is 0. The van der Waals surface area contributed by atoms with Gasteiger partial charge < -0.3 is 4.74 Å². The summed E-state index contributed by atoms with van der Waals surface area (Å²) in [6.45, 7) is 6.03. The maximum absolute atomic E-state index is 12.4. The molecule has 0 spiro atoms. The van der Waals surface area contributed by atoms with Gasteiger partial charge in [0, 0.05) is 19.6 Å². The van der Waals surface area contributed by atoms with E-state index in [2.05, 4.69) is 28.7 Å². The largest absolute Gasteiger partial charge is 0.371 e. The van der Waals surface area contributed by atoms with Crippen molar-refractivity contribution in [3.05, 3.63) is 65.7 Å². The molecule has 1 heterocycles. The molecule has 0 amide bonds. The number of hydrogen-bond acceptors (Lipinski definition) is 4. The summed E-state index contributed by atoms with van der Waals surface area (Å²) in [5.41, 5.74) is 2.35. The van der Waals surface area contributed by atoms with Gasteiger partial charge in [-0.15, -0.1) is 0 Å². The first-order valence-corrected chi connectivity index (χ1v) is 11.5. The van der Waals surface area contributed by atoms with E-state index in [1.54, 1.807) is 12.1 Å². The van der Waals surface area contributed by atoms with Crippen molar-refractivity contribution in [3.63, 3.8) is 0 Å². The Bertz CT molecular complexity index is 823. The zero-order valence-corrected chi connectivity index (χ0v) is 17.3. The molecule has 0 bridgehead atoms. The molecule has 0 aromatic heterocycles. The van der Waals surface area contributed by atoms with E-state index in [1.807, 2.05) is 30.3 Å². The zero-order chi connectivity index (χ0) is 19.8. The van der Waals surface area contributed by atoms with E-state index in [-0.39, 0.29) is 6.10 Å². The van der Waals surface area contributed by atoms with Crippen LogP contribution in [-0.2, 0) is 21.2 Å². The minimum atomic E-state index is -3.42. The van der Waals surface area contributed by atoms with Gasteiger partial charge >= 0.3 is 0 Å². The minimum absolute atomic E-state index is 0.125. The van der Waals surface area contributed by atoms with Crippen LogP contribution in [0.15, 0.2) is 59.5 Å². The van der Waals surface area contributed by atoms with Crippen molar-refractivity contribution in [2.45, 2.75) is 37.2 Å². The van der Waals surface area contributed by atoms with E-state index in [1.165, 1.54) is 5.56 Å².